The van der Waals surface area contributed by atoms with E-state index in [-0.39, 0.29) is 38.5 Å². The van der Waals surface area contributed by atoms with Crippen molar-refractivity contribution in [3.63, 3.8) is 0 Å². The molecule has 0 N–H and O–H groups in total. The van der Waals surface area contributed by atoms with Crippen LogP contribution in [-0.2, 0) is 32.7 Å². The van der Waals surface area contributed by atoms with Gasteiger partial charge in [0.05, 0.1) is 0 Å². The first kappa shape index (κ1) is 13.8. The van der Waals surface area contributed by atoms with Crippen molar-refractivity contribution >= 4 is 0 Å². The van der Waals surface area contributed by atoms with Crippen molar-refractivity contribution < 1.29 is 37.1 Å². The summed E-state index contributed by atoms with van der Waals surface area (Å²) in [6.45, 7) is 5.65. The second kappa shape index (κ2) is 8.28. The first-order chi connectivity index (χ1) is 4.80. The van der Waals surface area contributed by atoms with Crippen molar-refractivity contribution in [2.24, 2.45) is 0 Å². The summed E-state index contributed by atoms with van der Waals surface area (Å²) in [4.78, 5) is 3.51. The summed E-state index contributed by atoms with van der Waals surface area (Å²) in [5.41, 5.74) is 0.514. The molecule has 0 saturated heterocycles. The van der Waals surface area contributed by atoms with Crippen molar-refractivity contribution in [2.45, 2.75) is 20.8 Å². The van der Waals surface area contributed by atoms with Gasteiger partial charge in [0.1, 0.15) is 0 Å². The van der Waals surface area contributed by atoms with Gasteiger partial charge in [-0.2, -0.15) is 5.56 Å². The molecule has 0 bridgehead atoms. The van der Waals surface area contributed by atoms with Crippen LogP contribution in [0.4, 0.5) is 4.39 Å². The van der Waals surface area contributed by atoms with Crippen molar-refractivity contribution in [3.8, 4) is 0 Å². The van der Waals surface area contributed by atoms with Gasteiger partial charge in [-0.1, -0.05) is 27.0 Å². The van der Waals surface area contributed by atoms with E-state index in [4.69, 9.17) is 0 Å². The SMILES string of the molecule is CC.Cc1[c-]cncc1F.[Y]. The number of aromatic nitrogens is 1. The maximum atomic E-state index is 12.2. The number of nitrogens with zero attached hydrogens (tertiary/aromatic N) is 1. The normalized spacial score (nSPS) is 7.27. The standard InChI is InChI=1S/C6H5FN.C2H6.Y/c1-5-2-3-8-4-6(5)7;1-2;/h3-4H,1H3;1-2H3;/q-1;;. The first-order valence-electron chi connectivity index (χ1n) is 3.28. The first-order valence-corrected chi connectivity index (χ1v) is 3.28. The molecule has 1 heterocycles. The molecule has 3 heteroatoms. The largest absolute Gasteiger partial charge is 0.319 e. The molecule has 1 aromatic heterocycles. The van der Waals surface area contributed by atoms with Gasteiger partial charge in [-0.3, -0.25) is 0 Å². The van der Waals surface area contributed by atoms with E-state index in [9.17, 15) is 4.39 Å². The Bertz CT molecular complexity index is 170. The molecule has 1 nitrogen and oxygen atoms in total. The second-order valence-corrected chi connectivity index (χ2v) is 1.52. The predicted octanol–water partition coefficient (Wildman–Crippen LogP) is 2.35. The number of pyridine rings is 1. The van der Waals surface area contributed by atoms with Gasteiger partial charge in [-0.05, 0) is 12.0 Å². The fraction of sp³-hybridized carbons (Fsp3) is 0.375. The van der Waals surface area contributed by atoms with Gasteiger partial charge < -0.3 is 9.37 Å². The van der Waals surface area contributed by atoms with Crippen LogP contribution in [0.2, 0.25) is 0 Å². The molecule has 0 aliphatic carbocycles. The number of hydrogen-bond acceptors (Lipinski definition) is 1. The van der Waals surface area contributed by atoms with Crippen molar-refractivity contribution in [1.29, 1.82) is 0 Å². The summed E-state index contributed by atoms with van der Waals surface area (Å²) >= 11 is 0. The second-order valence-electron chi connectivity index (χ2n) is 1.52. The topological polar surface area (TPSA) is 12.9 Å². The van der Waals surface area contributed by atoms with Crippen LogP contribution in [0.3, 0.4) is 0 Å². The predicted molar refractivity (Wildman–Crippen MR) is 39.1 cm³/mol. The maximum Gasteiger partial charge on any atom is 0 e. The summed E-state index contributed by atoms with van der Waals surface area (Å²) in [6, 6.07) is 2.61. The minimum Gasteiger partial charge on any atom is -0.319 e. The van der Waals surface area contributed by atoms with Crippen LogP contribution >= 0.6 is 0 Å². The quantitative estimate of drug-likeness (QED) is 0.622. The van der Waals surface area contributed by atoms with E-state index in [1.807, 2.05) is 13.8 Å². The Labute approximate surface area is 92.3 Å². The molecule has 0 unspecified atom stereocenters. The molecule has 11 heavy (non-hydrogen) atoms. The molecule has 0 spiro atoms. The van der Waals surface area contributed by atoms with Gasteiger partial charge in [0, 0.05) is 32.7 Å². The molecular formula is C8H11FNY-. The zero-order valence-corrected chi connectivity index (χ0v) is 9.90. The minimum atomic E-state index is -0.299. The Balaban J connectivity index is 0. The van der Waals surface area contributed by atoms with Crippen LogP contribution in [0.25, 0.3) is 0 Å². The van der Waals surface area contributed by atoms with Crippen molar-refractivity contribution in [1.82, 2.24) is 4.98 Å². The third-order valence-corrected chi connectivity index (χ3v) is 0.902. The monoisotopic (exact) mass is 229 g/mol. The Morgan fingerprint density at radius 1 is 1.45 bits per heavy atom. The van der Waals surface area contributed by atoms with E-state index in [0.717, 1.165) is 0 Å². The van der Waals surface area contributed by atoms with Crippen LogP contribution in [0.1, 0.15) is 19.4 Å². The molecular weight excluding hydrogens is 218 g/mol. The Morgan fingerprint density at radius 2 is 2.00 bits per heavy atom. The number of halogens is 1. The van der Waals surface area contributed by atoms with Gasteiger partial charge in [0.2, 0.25) is 0 Å². The van der Waals surface area contributed by atoms with Gasteiger partial charge >= 0.3 is 0 Å². The fourth-order valence-electron chi connectivity index (χ4n) is 0.403. The third kappa shape index (κ3) is 5.45. The Kier molecular flexibility index (Phi) is 10.4. The molecule has 0 amide bonds. The van der Waals surface area contributed by atoms with Crippen LogP contribution < -0.4 is 0 Å². The van der Waals surface area contributed by atoms with Crippen molar-refractivity contribution in [2.75, 3.05) is 0 Å². The molecule has 1 radical (unpaired) electrons. The molecule has 0 saturated carbocycles. The molecule has 0 aliphatic rings. The average molecular weight is 229 g/mol. The Morgan fingerprint density at radius 3 is 2.27 bits per heavy atom. The fourth-order valence-corrected chi connectivity index (χ4v) is 0.403. The van der Waals surface area contributed by atoms with Gasteiger partial charge in [0.15, 0.2) is 0 Å². The number of hydrogen-bond donors (Lipinski definition) is 0. The molecule has 1 rings (SSSR count). The third-order valence-electron chi connectivity index (χ3n) is 0.902. The van der Waals surface area contributed by atoms with E-state index in [1.54, 1.807) is 6.92 Å². The summed E-state index contributed by atoms with van der Waals surface area (Å²) < 4.78 is 12.2. The zero-order chi connectivity index (χ0) is 7.98. The molecule has 59 valence electrons. The number of aryl methyl sites for hydroxylation is 1. The maximum absolute atomic E-state index is 12.2. The molecule has 0 aromatic carbocycles. The molecule has 0 fully saturated rings. The van der Waals surface area contributed by atoms with Crippen LogP contribution in [0, 0.1) is 18.8 Å². The summed E-state index contributed by atoms with van der Waals surface area (Å²) in [5, 5.41) is 0. The average Bonchev–Trinajstić information content (AvgIpc) is 2.00. The van der Waals surface area contributed by atoms with E-state index < -0.39 is 0 Å². The number of rotatable bonds is 0. The smallest absolute Gasteiger partial charge is 0 e. The summed E-state index contributed by atoms with van der Waals surface area (Å²) in [5.74, 6) is -0.299. The van der Waals surface area contributed by atoms with E-state index in [2.05, 4.69) is 11.1 Å². The van der Waals surface area contributed by atoms with Gasteiger partial charge in [0.25, 0.3) is 0 Å². The van der Waals surface area contributed by atoms with Gasteiger partial charge in [-0.15, -0.1) is 0 Å². The van der Waals surface area contributed by atoms with Crippen LogP contribution in [0.15, 0.2) is 12.4 Å². The van der Waals surface area contributed by atoms with Crippen LogP contribution in [0.5, 0.6) is 0 Å². The van der Waals surface area contributed by atoms with Gasteiger partial charge in [-0.25, -0.2) is 6.07 Å². The molecule has 0 atom stereocenters. The summed E-state index contributed by atoms with van der Waals surface area (Å²) in [7, 11) is 0. The van der Waals surface area contributed by atoms with Crippen molar-refractivity contribution in [3.05, 3.63) is 29.8 Å². The molecule has 0 aliphatic heterocycles. The van der Waals surface area contributed by atoms with E-state index in [1.165, 1.54) is 12.4 Å². The summed E-state index contributed by atoms with van der Waals surface area (Å²) in [6.07, 6.45) is 2.62. The molecule has 1 aromatic rings. The van der Waals surface area contributed by atoms with E-state index >= 15 is 0 Å². The van der Waals surface area contributed by atoms with E-state index in [0.29, 0.717) is 5.56 Å². The zero-order valence-electron chi connectivity index (χ0n) is 7.06. The Hall–Kier alpha value is 0.184. The minimum absolute atomic E-state index is 0. The van der Waals surface area contributed by atoms with Crippen LogP contribution in [-0.4, -0.2) is 4.98 Å².